The maximum Gasteiger partial charge on any atom is 0.416 e. The number of carbonyl (C=O) groups excluding carboxylic acids is 12. The fourth-order valence-corrected chi connectivity index (χ4v) is 13.3. The summed E-state index contributed by atoms with van der Waals surface area (Å²) in [6.45, 7) is 11.3. The molecular weight excluding hydrogens is 1470 g/mol. The first-order chi connectivity index (χ1) is 48.4. The van der Waals surface area contributed by atoms with Crippen molar-refractivity contribution in [1.29, 1.82) is 0 Å². The van der Waals surface area contributed by atoms with Crippen LogP contribution in [-0.2, 0) is 83.0 Å². The average molecular weight is 1570 g/mol. The molecule has 0 bridgehead atoms. The molecule has 2 aliphatic heterocycles. The molecule has 5 rings (SSSR count). The van der Waals surface area contributed by atoms with E-state index in [1.807, 2.05) is 26.8 Å². The van der Waals surface area contributed by atoms with Crippen molar-refractivity contribution in [3.63, 3.8) is 0 Å². The number of likely N-dealkylation sites (N-methyl/N-ethyl adjacent to an activating group) is 7. The van der Waals surface area contributed by atoms with Gasteiger partial charge in [-0.05, 0) is 126 Å². The number of likely N-dealkylation sites (tertiary alicyclic amines) is 1. The average Bonchev–Trinajstić information content (AvgIpc) is 0.800. The number of amides is 12. The van der Waals surface area contributed by atoms with E-state index in [4.69, 9.17) is 11.6 Å². The first-order valence-electron chi connectivity index (χ1n) is 35.3. The predicted octanol–water partition coefficient (Wildman–Crippen LogP) is 6.36. The molecule has 0 saturated carbocycles. The lowest BCUT2D eigenvalue weighted by Crippen LogP contribution is -2.61. The number of hydrogen-bond donors (Lipinski definition) is 4. The van der Waals surface area contributed by atoms with Crippen LogP contribution >= 0.6 is 34.2 Å². The lowest BCUT2D eigenvalue weighted by molar-refractivity contribution is -0.151. The van der Waals surface area contributed by atoms with Crippen molar-refractivity contribution < 1.29 is 70.7 Å². The maximum absolute atomic E-state index is 15.4. The summed E-state index contributed by atoms with van der Waals surface area (Å²) < 4.78 is 44.0. The van der Waals surface area contributed by atoms with Gasteiger partial charge in [-0.2, -0.15) is 13.2 Å². The number of unbranched alkanes of at least 4 members (excludes halogenated alkanes) is 1. The Hall–Kier alpha value is -7.89. The van der Waals surface area contributed by atoms with Crippen molar-refractivity contribution >= 4 is 105 Å². The number of rotatable bonds is 16. The van der Waals surface area contributed by atoms with Crippen LogP contribution in [0.25, 0.3) is 0 Å². The smallest absolute Gasteiger partial charge is 0.343 e. The molecule has 0 aliphatic carbocycles. The first-order valence-corrected chi connectivity index (χ1v) is 36.8. The second-order valence-corrected chi connectivity index (χ2v) is 30.0. The third kappa shape index (κ3) is 25.2. The molecule has 24 nitrogen and oxygen atoms in total. The van der Waals surface area contributed by atoms with Crippen LogP contribution < -0.4 is 21.3 Å². The number of nitrogens with one attached hydrogen (secondary N) is 4. The van der Waals surface area contributed by atoms with Gasteiger partial charge in [-0.15, -0.1) is 0 Å². The molecule has 0 spiro atoms. The molecule has 0 radical (unpaired) electrons. The number of halogens is 5. The van der Waals surface area contributed by atoms with Gasteiger partial charge in [0.15, 0.2) is 0 Å². The van der Waals surface area contributed by atoms with Gasteiger partial charge in [0.05, 0.1) is 31.6 Å². The molecule has 12 amide bonds. The Labute approximate surface area is 622 Å². The number of nitrogens with zero attached hydrogens (tertiary/aromatic N) is 8. The molecular formula is C74H105ClF3IN12O12. The Bertz CT molecular complexity index is 3470. The van der Waals surface area contributed by atoms with E-state index in [1.165, 1.54) is 60.3 Å². The van der Waals surface area contributed by atoms with E-state index in [9.17, 15) is 46.7 Å². The molecule has 3 aromatic rings. The second kappa shape index (κ2) is 39.8. The van der Waals surface area contributed by atoms with E-state index in [0.717, 1.165) is 57.6 Å². The monoisotopic (exact) mass is 1570 g/mol. The lowest BCUT2D eigenvalue weighted by Gasteiger charge is -2.38. The largest absolute Gasteiger partial charge is 0.416 e. The molecule has 568 valence electrons. The van der Waals surface area contributed by atoms with Crippen LogP contribution in [0.2, 0.25) is 5.02 Å². The van der Waals surface area contributed by atoms with Crippen molar-refractivity contribution in [3.05, 3.63) is 104 Å². The number of benzene rings is 3. The minimum Gasteiger partial charge on any atom is -0.343 e. The molecule has 29 heteroatoms. The SMILES string of the molecule is CCCC[C@@H]1NC(=O)[C@H](Cc2cccc(I)c2)NC(=O)CN(C)C(=O)[C@H](Cc2ccc(Cl)cc2)N(C)C(=O)CN(C)C(=O)CN(C)C(=O)[C@H]([C@@H](C)CC)NC(=O)[C@H](CC(C)C)N(C)C(=O)C[C@@H](C(=O)N2CCCCC2)N(C)C(=O)[C@H](CC(C)C)NC(=O)[C@H](Cc2cccc(C(F)(F)F)c2)N(C)C1=O. The third-order valence-corrected chi connectivity index (χ3v) is 20.1. The Balaban J connectivity index is 1.70. The number of hydrogen-bond acceptors (Lipinski definition) is 12. The van der Waals surface area contributed by atoms with Gasteiger partial charge < -0.3 is 60.5 Å². The molecule has 3 aromatic carbocycles. The van der Waals surface area contributed by atoms with Crippen LogP contribution in [0.3, 0.4) is 0 Å². The molecule has 2 heterocycles. The molecule has 0 aromatic heterocycles. The van der Waals surface area contributed by atoms with E-state index in [1.54, 1.807) is 75.1 Å². The van der Waals surface area contributed by atoms with Crippen molar-refractivity contribution in [1.82, 2.24) is 60.5 Å². The highest BCUT2D eigenvalue weighted by molar-refractivity contribution is 14.1. The zero-order valence-corrected chi connectivity index (χ0v) is 64.8. The van der Waals surface area contributed by atoms with Gasteiger partial charge in [0.2, 0.25) is 70.9 Å². The van der Waals surface area contributed by atoms with E-state index in [-0.39, 0.29) is 49.5 Å². The number of piperidine rings is 1. The summed E-state index contributed by atoms with van der Waals surface area (Å²) in [6.07, 6.45) is -3.07. The highest BCUT2D eigenvalue weighted by Crippen LogP contribution is 2.31. The summed E-state index contributed by atoms with van der Waals surface area (Å²) >= 11 is 8.33. The molecule has 2 fully saturated rings. The Kier molecular flexibility index (Phi) is 33.2. The number of carbonyl (C=O) groups is 12. The van der Waals surface area contributed by atoms with Gasteiger partial charge in [-0.25, -0.2) is 0 Å². The first kappa shape index (κ1) is 85.8. The topological polar surface area (TPSA) is 279 Å². The Morgan fingerprint density at radius 1 is 0.544 bits per heavy atom. The summed E-state index contributed by atoms with van der Waals surface area (Å²) in [5.41, 5.74) is 0.0717. The maximum atomic E-state index is 15.4. The Morgan fingerprint density at radius 3 is 1.69 bits per heavy atom. The predicted molar refractivity (Wildman–Crippen MR) is 393 cm³/mol. The highest BCUT2D eigenvalue weighted by Gasteiger charge is 2.43. The van der Waals surface area contributed by atoms with Crippen LogP contribution in [0.1, 0.15) is 135 Å². The summed E-state index contributed by atoms with van der Waals surface area (Å²) in [5, 5.41) is 11.6. The number of alkyl halides is 3. The van der Waals surface area contributed by atoms with Gasteiger partial charge in [0, 0.05) is 90.3 Å². The molecule has 4 N–H and O–H groups in total. The summed E-state index contributed by atoms with van der Waals surface area (Å²) in [5.74, 6) is -10.4. The fourth-order valence-electron chi connectivity index (χ4n) is 12.6. The minimum absolute atomic E-state index is 0.0299. The van der Waals surface area contributed by atoms with Gasteiger partial charge in [0.1, 0.15) is 48.3 Å². The van der Waals surface area contributed by atoms with Crippen molar-refractivity contribution in [2.45, 2.75) is 186 Å². The minimum atomic E-state index is -4.82. The van der Waals surface area contributed by atoms with Gasteiger partial charge in [-0.3, -0.25) is 57.5 Å². The summed E-state index contributed by atoms with van der Waals surface area (Å²) in [7, 11) is 9.33. The van der Waals surface area contributed by atoms with Crippen LogP contribution in [-0.4, -0.2) is 240 Å². The molecule has 9 atom stereocenters. The highest BCUT2D eigenvalue weighted by atomic mass is 127. The molecule has 0 unspecified atom stereocenters. The quantitative estimate of drug-likeness (QED) is 0.114. The standard InChI is InChI=1S/C74H105ClF3IN12O12/c1-15-17-27-54-69(99)89(13)58(40-49-23-21-25-51(36-49)74(76,77)78)67(97)82-56(34-45(3)4)70(100)90(14)60(72(102)91-32-19-18-20-33-91)41-62(93)87(11)57(35-46(5)6)68(98)83-65(47(7)16-2)73(103)86(10)43-63(94)84(8)44-64(95)88(12)59(39-48-28-30-52(75)31-29-48)71(101)85(9)42-61(92)80-55(66(96)81-54)38-50-24-22-26-53(79)37-50/h21-26,28-31,36-37,45-47,54-60,65H,15-20,27,32-35,38-44H2,1-14H3,(H,80,92)(H,81,96)(H,82,97)(H,83,98)/t47-,54-,55-,56-,57-,58-,59-,60-,65-/m0/s1. The van der Waals surface area contributed by atoms with E-state index in [2.05, 4.69) is 43.9 Å². The summed E-state index contributed by atoms with van der Waals surface area (Å²) in [6, 6.07) is 6.31. The van der Waals surface area contributed by atoms with Crippen LogP contribution in [0.4, 0.5) is 13.2 Å². The molecule has 103 heavy (non-hydrogen) atoms. The second-order valence-electron chi connectivity index (χ2n) is 28.3. The lowest BCUT2D eigenvalue weighted by atomic mass is 9.95. The van der Waals surface area contributed by atoms with Crippen molar-refractivity contribution in [2.75, 3.05) is 82.1 Å². The zero-order valence-electron chi connectivity index (χ0n) is 61.9. The van der Waals surface area contributed by atoms with Crippen LogP contribution in [0.15, 0.2) is 72.8 Å². The fraction of sp³-hybridized carbons (Fsp3) is 0.595. The molecule has 2 saturated heterocycles. The van der Waals surface area contributed by atoms with Crippen molar-refractivity contribution in [3.8, 4) is 0 Å². The molecule has 2 aliphatic rings. The van der Waals surface area contributed by atoms with Crippen LogP contribution in [0.5, 0.6) is 0 Å². The van der Waals surface area contributed by atoms with Crippen LogP contribution in [0, 0.1) is 21.3 Å². The van der Waals surface area contributed by atoms with Gasteiger partial charge >= 0.3 is 6.18 Å². The van der Waals surface area contributed by atoms with Gasteiger partial charge in [0.25, 0.3) is 0 Å². The zero-order chi connectivity index (χ0) is 76.9. The van der Waals surface area contributed by atoms with E-state index >= 15 is 24.0 Å². The van der Waals surface area contributed by atoms with E-state index < -0.39 is 169 Å². The normalized spacial score (nSPS) is 23.3. The third-order valence-electron chi connectivity index (χ3n) is 19.1. The van der Waals surface area contributed by atoms with Gasteiger partial charge in [-0.1, -0.05) is 122 Å². The van der Waals surface area contributed by atoms with Crippen molar-refractivity contribution in [2.24, 2.45) is 17.8 Å². The van der Waals surface area contributed by atoms with E-state index in [0.29, 0.717) is 61.3 Å². The summed E-state index contributed by atoms with van der Waals surface area (Å²) in [4.78, 5) is 188. The Morgan fingerprint density at radius 2 is 1.10 bits per heavy atom.